The van der Waals surface area contributed by atoms with Gasteiger partial charge < -0.3 is 10.2 Å². The van der Waals surface area contributed by atoms with Gasteiger partial charge in [-0.15, -0.1) is 0 Å². The van der Waals surface area contributed by atoms with Crippen LogP contribution in [-0.2, 0) is 6.54 Å². The lowest BCUT2D eigenvalue weighted by molar-refractivity contribution is 0.168. The van der Waals surface area contributed by atoms with E-state index in [2.05, 4.69) is 24.2 Å². The topological polar surface area (TPSA) is 15.3 Å². The summed E-state index contributed by atoms with van der Waals surface area (Å²) in [4.78, 5) is 2.41. The number of piperidine rings is 1. The Labute approximate surface area is 119 Å². The number of halogens is 2. The van der Waals surface area contributed by atoms with Gasteiger partial charge in [-0.25, -0.2) is 0 Å². The number of rotatable bonds is 3. The Kier molecular flexibility index (Phi) is 4.91. The molecule has 0 radical (unpaired) electrons. The van der Waals surface area contributed by atoms with Crippen LogP contribution in [0.25, 0.3) is 0 Å². The highest BCUT2D eigenvalue weighted by Crippen LogP contribution is 2.20. The molecule has 0 spiro atoms. The molecule has 1 aromatic carbocycles. The second-order valence-corrected chi connectivity index (χ2v) is 6.08. The van der Waals surface area contributed by atoms with Crippen molar-refractivity contribution >= 4 is 23.2 Å². The highest BCUT2D eigenvalue weighted by Gasteiger charge is 2.22. The first-order valence-corrected chi connectivity index (χ1v) is 7.19. The summed E-state index contributed by atoms with van der Waals surface area (Å²) in [7, 11) is 2.19. The molecule has 1 aliphatic rings. The normalized spacial score (nSPS) is 25.3. The summed E-state index contributed by atoms with van der Waals surface area (Å²) in [5.74, 6) is 0. The van der Waals surface area contributed by atoms with Gasteiger partial charge in [-0.2, -0.15) is 0 Å². The molecule has 1 fully saturated rings. The van der Waals surface area contributed by atoms with Gasteiger partial charge in [0.1, 0.15) is 0 Å². The molecule has 2 rings (SSSR count). The van der Waals surface area contributed by atoms with Crippen LogP contribution in [0.3, 0.4) is 0 Å². The first-order valence-electron chi connectivity index (χ1n) is 6.43. The van der Waals surface area contributed by atoms with E-state index in [-0.39, 0.29) is 0 Å². The lowest BCUT2D eigenvalue weighted by Gasteiger charge is -2.35. The van der Waals surface area contributed by atoms with E-state index in [0.29, 0.717) is 22.1 Å². The molecular formula is C14H20Cl2N2. The molecule has 0 saturated carbocycles. The van der Waals surface area contributed by atoms with Crippen LogP contribution < -0.4 is 5.32 Å². The van der Waals surface area contributed by atoms with Crippen molar-refractivity contribution in [2.24, 2.45) is 0 Å². The second kappa shape index (κ2) is 6.25. The monoisotopic (exact) mass is 286 g/mol. The predicted octanol–water partition coefficient (Wildman–Crippen LogP) is 3.57. The fourth-order valence-corrected chi connectivity index (χ4v) is 3.02. The maximum Gasteiger partial charge on any atom is 0.0424 e. The van der Waals surface area contributed by atoms with E-state index < -0.39 is 0 Å². The summed E-state index contributed by atoms with van der Waals surface area (Å²) in [5, 5.41) is 5.01. The first kappa shape index (κ1) is 14.1. The molecule has 2 atom stereocenters. The van der Waals surface area contributed by atoms with Crippen LogP contribution >= 0.6 is 23.2 Å². The molecule has 1 aromatic rings. The van der Waals surface area contributed by atoms with Crippen molar-refractivity contribution in [2.45, 2.75) is 38.4 Å². The molecule has 18 heavy (non-hydrogen) atoms. The van der Waals surface area contributed by atoms with E-state index in [0.717, 1.165) is 18.7 Å². The third-order valence-electron chi connectivity index (χ3n) is 3.73. The summed E-state index contributed by atoms with van der Waals surface area (Å²) >= 11 is 12.0. The molecule has 0 amide bonds. The van der Waals surface area contributed by atoms with E-state index in [1.165, 1.54) is 12.8 Å². The predicted molar refractivity (Wildman–Crippen MR) is 78.4 cm³/mol. The number of likely N-dealkylation sites (tertiary alicyclic amines) is 1. The maximum atomic E-state index is 6.00. The minimum atomic E-state index is 0.592. The SMILES string of the molecule is CC1CC(NCc2cc(Cl)cc(Cl)c2)CCN1C. The molecule has 100 valence electrons. The van der Waals surface area contributed by atoms with E-state index in [1.54, 1.807) is 6.07 Å². The van der Waals surface area contributed by atoms with Gasteiger partial charge in [0.05, 0.1) is 0 Å². The van der Waals surface area contributed by atoms with Crippen LogP contribution in [0.4, 0.5) is 0 Å². The minimum absolute atomic E-state index is 0.592. The third kappa shape index (κ3) is 3.86. The molecule has 0 bridgehead atoms. The third-order valence-corrected chi connectivity index (χ3v) is 4.16. The molecule has 4 heteroatoms. The van der Waals surface area contributed by atoms with Gasteiger partial charge in [-0.3, -0.25) is 0 Å². The number of hydrogen-bond acceptors (Lipinski definition) is 2. The fraction of sp³-hybridized carbons (Fsp3) is 0.571. The van der Waals surface area contributed by atoms with E-state index in [1.807, 2.05) is 12.1 Å². The molecule has 1 N–H and O–H groups in total. The van der Waals surface area contributed by atoms with Crippen LogP contribution in [0.15, 0.2) is 18.2 Å². The smallest absolute Gasteiger partial charge is 0.0424 e. The standard InChI is InChI=1S/C14H20Cl2N2/c1-10-5-14(3-4-18(10)2)17-9-11-6-12(15)8-13(16)7-11/h6-8,10,14,17H,3-5,9H2,1-2H3. The fourth-order valence-electron chi connectivity index (χ4n) is 2.45. The van der Waals surface area contributed by atoms with E-state index >= 15 is 0 Å². The zero-order valence-electron chi connectivity index (χ0n) is 10.9. The van der Waals surface area contributed by atoms with E-state index in [4.69, 9.17) is 23.2 Å². The van der Waals surface area contributed by atoms with Crippen molar-refractivity contribution in [3.05, 3.63) is 33.8 Å². The zero-order valence-corrected chi connectivity index (χ0v) is 12.4. The van der Waals surface area contributed by atoms with Crippen molar-refractivity contribution in [1.29, 1.82) is 0 Å². The summed E-state index contributed by atoms with van der Waals surface area (Å²) in [5.41, 5.74) is 1.15. The van der Waals surface area contributed by atoms with Crippen LogP contribution in [-0.4, -0.2) is 30.6 Å². The number of nitrogens with zero attached hydrogens (tertiary/aromatic N) is 1. The average Bonchev–Trinajstić information content (AvgIpc) is 2.29. The molecule has 1 saturated heterocycles. The number of nitrogens with one attached hydrogen (secondary N) is 1. The molecule has 1 aliphatic heterocycles. The van der Waals surface area contributed by atoms with Gasteiger partial charge in [0.25, 0.3) is 0 Å². The van der Waals surface area contributed by atoms with Crippen LogP contribution in [0.2, 0.25) is 10.0 Å². The van der Waals surface area contributed by atoms with Gasteiger partial charge in [0.2, 0.25) is 0 Å². The van der Waals surface area contributed by atoms with Crippen LogP contribution in [0.1, 0.15) is 25.3 Å². The Morgan fingerprint density at radius 1 is 1.28 bits per heavy atom. The first-order chi connectivity index (χ1) is 8.54. The molecular weight excluding hydrogens is 267 g/mol. The quantitative estimate of drug-likeness (QED) is 0.914. The Balaban J connectivity index is 1.88. The summed E-state index contributed by atoms with van der Waals surface area (Å²) in [6, 6.07) is 6.95. The number of hydrogen-bond donors (Lipinski definition) is 1. The summed E-state index contributed by atoms with van der Waals surface area (Å²) < 4.78 is 0. The summed E-state index contributed by atoms with van der Waals surface area (Å²) in [6.45, 7) is 4.28. The lowest BCUT2D eigenvalue weighted by Crippen LogP contribution is -2.45. The molecule has 2 nitrogen and oxygen atoms in total. The highest BCUT2D eigenvalue weighted by molar-refractivity contribution is 6.34. The zero-order chi connectivity index (χ0) is 13.1. The molecule has 0 aromatic heterocycles. The minimum Gasteiger partial charge on any atom is -0.310 e. The van der Waals surface area contributed by atoms with Crippen molar-refractivity contribution < 1.29 is 0 Å². The van der Waals surface area contributed by atoms with Gasteiger partial charge in [0.15, 0.2) is 0 Å². The Morgan fingerprint density at radius 2 is 1.94 bits per heavy atom. The van der Waals surface area contributed by atoms with Crippen molar-refractivity contribution in [3.8, 4) is 0 Å². The van der Waals surface area contributed by atoms with Gasteiger partial charge in [-0.05, 0) is 57.1 Å². The highest BCUT2D eigenvalue weighted by atomic mass is 35.5. The van der Waals surface area contributed by atoms with Crippen LogP contribution in [0, 0.1) is 0 Å². The Hall–Kier alpha value is -0.280. The maximum absolute atomic E-state index is 6.00. The molecule has 2 unspecified atom stereocenters. The average molecular weight is 287 g/mol. The lowest BCUT2D eigenvalue weighted by atomic mass is 9.99. The van der Waals surface area contributed by atoms with Crippen molar-refractivity contribution in [1.82, 2.24) is 10.2 Å². The molecule has 1 heterocycles. The second-order valence-electron chi connectivity index (χ2n) is 5.21. The summed E-state index contributed by atoms with van der Waals surface area (Å²) in [6.07, 6.45) is 2.40. The van der Waals surface area contributed by atoms with E-state index in [9.17, 15) is 0 Å². The van der Waals surface area contributed by atoms with Gasteiger partial charge in [0, 0.05) is 28.7 Å². The Bertz CT molecular complexity index is 389. The van der Waals surface area contributed by atoms with Crippen molar-refractivity contribution in [2.75, 3.05) is 13.6 Å². The largest absolute Gasteiger partial charge is 0.310 e. The van der Waals surface area contributed by atoms with Gasteiger partial charge in [-0.1, -0.05) is 23.2 Å². The number of benzene rings is 1. The van der Waals surface area contributed by atoms with Crippen molar-refractivity contribution in [3.63, 3.8) is 0 Å². The van der Waals surface area contributed by atoms with Crippen LogP contribution in [0.5, 0.6) is 0 Å². The Morgan fingerprint density at radius 3 is 2.56 bits per heavy atom. The molecule has 0 aliphatic carbocycles. The van der Waals surface area contributed by atoms with Gasteiger partial charge >= 0.3 is 0 Å².